The molecule has 1 N–H and O–H groups in total. The van der Waals surface area contributed by atoms with E-state index in [-0.39, 0.29) is 0 Å². The van der Waals surface area contributed by atoms with Gasteiger partial charge in [0.15, 0.2) is 11.6 Å². The first kappa shape index (κ1) is 7.35. The fourth-order valence-corrected chi connectivity index (χ4v) is 0.794. The number of aromatic hydroxyl groups is 1. The van der Waals surface area contributed by atoms with Gasteiger partial charge >= 0.3 is 0 Å². The maximum absolute atomic E-state index is 12.5. The lowest BCUT2D eigenvalue weighted by Gasteiger charge is -1.98. The first-order valence-corrected chi connectivity index (χ1v) is 3.13. The minimum atomic E-state index is -0.637. The second-order valence-corrected chi connectivity index (χ2v) is 2.46. The van der Waals surface area contributed by atoms with E-state index in [4.69, 9.17) is 16.7 Å². The summed E-state index contributed by atoms with van der Waals surface area (Å²) in [5, 5.41) is 9.14. The van der Waals surface area contributed by atoms with Crippen LogP contribution in [0.4, 0.5) is 4.39 Å². The summed E-state index contributed by atoms with van der Waals surface area (Å²) in [6.07, 6.45) is 0. The zero-order valence-corrected chi connectivity index (χ0v) is 6.11. The molecule has 0 fully saturated rings. The van der Waals surface area contributed by atoms with E-state index < -0.39 is 11.6 Å². The summed E-state index contributed by atoms with van der Waals surface area (Å²) in [7, 11) is 0. The average Bonchev–Trinajstić information content (AvgIpc) is 1.84. The zero-order valence-electron chi connectivity index (χ0n) is 5.36. The normalized spacial score (nSPS) is 9.90. The van der Waals surface area contributed by atoms with Crippen molar-refractivity contribution in [3.63, 3.8) is 0 Å². The Kier molecular flexibility index (Phi) is 1.81. The number of hydrogen-bond acceptors (Lipinski definition) is 1. The number of halogens is 2. The van der Waals surface area contributed by atoms with Gasteiger partial charge in [0.2, 0.25) is 0 Å². The second-order valence-electron chi connectivity index (χ2n) is 2.05. The Morgan fingerprint density at radius 1 is 1.50 bits per heavy atom. The van der Waals surface area contributed by atoms with Crippen molar-refractivity contribution in [1.82, 2.24) is 0 Å². The van der Waals surface area contributed by atoms with Gasteiger partial charge in [0.05, 0.1) is 0 Å². The van der Waals surface area contributed by atoms with Crippen molar-refractivity contribution >= 4 is 11.6 Å². The van der Waals surface area contributed by atoms with Crippen molar-refractivity contribution in [2.75, 3.05) is 0 Å². The molecule has 1 rings (SSSR count). The fourth-order valence-electron chi connectivity index (χ4n) is 0.636. The number of benzene rings is 1. The molecule has 0 unspecified atom stereocenters. The molecule has 0 radical (unpaired) electrons. The molecule has 0 saturated carbocycles. The van der Waals surface area contributed by atoms with Crippen LogP contribution in [0, 0.1) is 12.7 Å². The van der Waals surface area contributed by atoms with Gasteiger partial charge < -0.3 is 5.11 Å². The summed E-state index contributed by atoms with van der Waals surface area (Å²) < 4.78 is 12.5. The highest BCUT2D eigenvalue weighted by Gasteiger charge is 2.02. The third kappa shape index (κ3) is 1.21. The van der Waals surface area contributed by atoms with Crippen LogP contribution in [0.2, 0.25) is 5.02 Å². The van der Waals surface area contributed by atoms with Gasteiger partial charge in [-0.25, -0.2) is 4.39 Å². The molecule has 1 aromatic carbocycles. The van der Waals surface area contributed by atoms with E-state index in [0.29, 0.717) is 10.6 Å². The van der Waals surface area contributed by atoms with E-state index in [0.717, 1.165) is 0 Å². The molecule has 1 aromatic rings. The van der Waals surface area contributed by atoms with Gasteiger partial charge in [0.1, 0.15) is 0 Å². The Morgan fingerprint density at radius 2 is 2.10 bits per heavy atom. The highest BCUT2D eigenvalue weighted by atomic mass is 35.5. The van der Waals surface area contributed by atoms with Gasteiger partial charge in [0.25, 0.3) is 0 Å². The molecule has 0 heterocycles. The molecular weight excluding hydrogens is 155 g/mol. The number of hydrogen-bond donors (Lipinski definition) is 1. The van der Waals surface area contributed by atoms with E-state index in [1.165, 1.54) is 12.1 Å². The lowest BCUT2D eigenvalue weighted by atomic mass is 10.2. The second kappa shape index (κ2) is 2.46. The first-order valence-electron chi connectivity index (χ1n) is 2.76. The lowest BCUT2D eigenvalue weighted by Crippen LogP contribution is -1.79. The van der Waals surface area contributed by atoms with Crippen LogP contribution in [0.3, 0.4) is 0 Å². The number of phenolic OH excluding ortho intramolecular Hbond substituents is 1. The Hall–Kier alpha value is -0.760. The van der Waals surface area contributed by atoms with E-state index in [9.17, 15) is 4.39 Å². The van der Waals surface area contributed by atoms with Gasteiger partial charge in [-0.2, -0.15) is 0 Å². The third-order valence-electron chi connectivity index (χ3n) is 1.23. The summed E-state index contributed by atoms with van der Waals surface area (Å²) in [6.45, 7) is 1.67. The quantitative estimate of drug-likeness (QED) is 0.618. The van der Waals surface area contributed by atoms with E-state index in [1.807, 2.05) is 0 Å². The van der Waals surface area contributed by atoms with Crippen LogP contribution >= 0.6 is 11.6 Å². The van der Waals surface area contributed by atoms with Crippen LogP contribution in [0.1, 0.15) is 5.56 Å². The van der Waals surface area contributed by atoms with Crippen LogP contribution in [-0.2, 0) is 0 Å². The van der Waals surface area contributed by atoms with E-state index in [2.05, 4.69) is 0 Å². The molecular formula is C7H6ClFO. The summed E-state index contributed by atoms with van der Waals surface area (Å²) in [5.41, 5.74) is 0.622. The van der Waals surface area contributed by atoms with Crippen molar-refractivity contribution in [2.45, 2.75) is 6.92 Å². The monoisotopic (exact) mass is 160 g/mol. The van der Waals surface area contributed by atoms with Gasteiger partial charge in [-0.15, -0.1) is 0 Å². The summed E-state index contributed by atoms with van der Waals surface area (Å²) in [5.74, 6) is -1.04. The third-order valence-corrected chi connectivity index (χ3v) is 1.64. The van der Waals surface area contributed by atoms with Crippen molar-refractivity contribution in [3.05, 3.63) is 28.5 Å². The van der Waals surface area contributed by atoms with Gasteiger partial charge in [-0.3, -0.25) is 0 Å². The molecule has 0 bridgehead atoms. The molecule has 0 aliphatic heterocycles. The van der Waals surface area contributed by atoms with Crippen LogP contribution < -0.4 is 0 Å². The van der Waals surface area contributed by atoms with Crippen LogP contribution in [0.15, 0.2) is 12.1 Å². The minimum Gasteiger partial charge on any atom is -0.505 e. The number of rotatable bonds is 0. The maximum Gasteiger partial charge on any atom is 0.165 e. The summed E-state index contributed by atoms with van der Waals surface area (Å²) >= 11 is 5.56. The van der Waals surface area contributed by atoms with Crippen molar-refractivity contribution in [3.8, 4) is 5.75 Å². The molecule has 0 amide bonds. The van der Waals surface area contributed by atoms with Gasteiger partial charge in [0, 0.05) is 11.1 Å². The molecule has 54 valence electrons. The van der Waals surface area contributed by atoms with Crippen LogP contribution in [0.5, 0.6) is 5.75 Å². The van der Waals surface area contributed by atoms with Crippen molar-refractivity contribution in [2.24, 2.45) is 0 Å². The van der Waals surface area contributed by atoms with Gasteiger partial charge in [-0.05, 0) is 18.6 Å². The smallest absolute Gasteiger partial charge is 0.165 e. The predicted octanol–water partition coefficient (Wildman–Crippen LogP) is 2.49. The molecule has 0 saturated heterocycles. The molecule has 0 atom stereocenters. The summed E-state index contributed by atoms with van der Waals surface area (Å²) in [6, 6.07) is 2.38. The largest absolute Gasteiger partial charge is 0.505 e. The van der Waals surface area contributed by atoms with Crippen molar-refractivity contribution < 1.29 is 9.50 Å². The highest BCUT2D eigenvalue weighted by Crippen LogP contribution is 2.23. The molecule has 0 spiro atoms. The lowest BCUT2D eigenvalue weighted by molar-refractivity contribution is 0.432. The van der Waals surface area contributed by atoms with Crippen molar-refractivity contribution in [1.29, 1.82) is 0 Å². The van der Waals surface area contributed by atoms with Gasteiger partial charge in [-0.1, -0.05) is 11.6 Å². The molecule has 0 aromatic heterocycles. The molecule has 3 heteroatoms. The Balaban J connectivity index is 3.28. The Labute approximate surface area is 63.1 Å². The zero-order chi connectivity index (χ0) is 7.72. The SMILES string of the molecule is Cc1cc(F)c(O)cc1Cl. The van der Waals surface area contributed by atoms with Crippen LogP contribution in [0.25, 0.3) is 0 Å². The fraction of sp³-hybridized carbons (Fsp3) is 0.143. The topological polar surface area (TPSA) is 20.2 Å². The maximum atomic E-state index is 12.5. The molecule has 10 heavy (non-hydrogen) atoms. The first-order chi connectivity index (χ1) is 4.61. The Bertz CT molecular complexity index is 210. The number of aryl methyl sites for hydroxylation is 1. The summed E-state index contributed by atoms with van der Waals surface area (Å²) in [4.78, 5) is 0. The molecule has 1 nitrogen and oxygen atoms in total. The minimum absolute atomic E-state index is 0.374. The molecule has 0 aliphatic carbocycles. The molecule has 0 aliphatic rings. The number of phenols is 1. The standard InChI is InChI=1S/C7H6ClFO/c1-4-2-6(9)7(10)3-5(4)8/h2-3,10H,1H3. The Morgan fingerprint density at radius 3 is 2.60 bits per heavy atom. The van der Waals surface area contributed by atoms with Crippen LogP contribution in [-0.4, -0.2) is 5.11 Å². The highest BCUT2D eigenvalue weighted by molar-refractivity contribution is 6.31. The van der Waals surface area contributed by atoms with E-state index in [1.54, 1.807) is 6.92 Å². The van der Waals surface area contributed by atoms with E-state index >= 15 is 0 Å². The predicted molar refractivity (Wildman–Crippen MR) is 37.8 cm³/mol. The average molecular weight is 161 g/mol.